The van der Waals surface area contributed by atoms with Crippen molar-refractivity contribution in [3.63, 3.8) is 0 Å². The SMILES string of the molecule is C[C@@H]1C[C@@H](C)CN(c2cc(N3CCCCCC3)nc(NC(=S)NC[C@H]3CCCO3)n2)C1. The third-order valence-electron chi connectivity index (χ3n) is 6.56. The fourth-order valence-corrected chi connectivity index (χ4v) is 5.28. The van der Waals surface area contributed by atoms with Gasteiger partial charge in [-0.3, -0.25) is 0 Å². The summed E-state index contributed by atoms with van der Waals surface area (Å²) in [6, 6.07) is 2.18. The van der Waals surface area contributed by atoms with Gasteiger partial charge in [0, 0.05) is 45.4 Å². The largest absolute Gasteiger partial charge is 0.376 e. The minimum absolute atomic E-state index is 0.246. The van der Waals surface area contributed by atoms with E-state index in [2.05, 4.69) is 40.3 Å². The molecule has 31 heavy (non-hydrogen) atoms. The average molecular weight is 447 g/mol. The molecule has 3 aliphatic rings. The first kappa shape index (κ1) is 22.5. The number of piperidine rings is 1. The Kier molecular flexibility index (Phi) is 7.82. The van der Waals surface area contributed by atoms with Crippen molar-refractivity contribution in [2.24, 2.45) is 11.8 Å². The van der Waals surface area contributed by atoms with Crippen LogP contribution in [0.4, 0.5) is 17.6 Å². The Morgan fingerprint density at radius 2 is 1.71 bits per heavy atom. The molecule has 0 spiro atoms. The van der Waals surface area contributed by atoms with Crippen LogP contribution in [-0.2, 0) is 4.74 Å². The maximum absolute atomic E-state index is 5.69. The van der Waals surface area contributed by atoms with Crippen molar-refractivity contribution in [1.82, 2.24) is 15.3 Å². The van der Waals surface area contributed by atoms with E-state index >= 15 is 0 Å². The monoisotopic (exact) mass is 446 g/mol. The van der Waals surface area contributed by atoms with Crippen molar-refractivity contribution in [2.45, 2.75) is 64.9 Å². The molecule has 7 nitrogen and oxygen atoms in total. The van der Waals surface area contributed by atoms with Crippen LogP contribution in [0, 0.1) is 11.8 Å². The van der Waals surface area contributed by atoms with Gasteiger partial charge in [0.1, 0.15) is 11.6 Å². The molecule has 0 amide bonds. The predicted molar refractivity (Wildman–Crippen MR) is 131 cm³/mol. The Balaban J connectivity index is 1.51. The van der Waals surface area contributed by atoms with Gasteiger partial charge in [-0.15, -0.1) is 0 Å². The van der Waals surface area contributed by atoms with Crippen LogP contribution in [0.3, 0.4) is 0 Å². The highest BCUT2D eigenvalue weighted by Gasteiger charge is 2.25. The highest BCUT2D eigenvalue weighted by molar-refractivity contribution is 7.80. The molecule has 1 aromatic rings. The maximum atomic E-state index is 5.69. The second-order valence-corrected chi connectivity index (χ2v) is 10.0. The number of hydrogen-bond donors (Lipinski definition) is 2. The number of nitrogens with zero attached hydrogens (tertiary/aromatic N) is 4. The van der Waals surface area contributed by atoms with E-state index in [1.807, 2.05) is 0 Å². The zero-order valence-electron chi connectivity index (χ0n) is 19.1. The lowest BCUT2D eigenvalue weighted by Crippen LogP contribution is -2.40. The van der Waals surface area contributed by atoms with E-state index < -0.39 is 0 Å². The molecule has 0 radical (unpaired) electrons. The predicted octanol–water partition coefficient (Wildman–Crippen LogP) is 3.80. The van der Waals surface area contributed by atoms with E-state index in [9.17, 15) is 0 Å². The Morgan fingerprint density at radius 1 is 1.03 bits per heavy atom. The van der Waals surface area contributed by atoms with Gasteiger partial charge in [-0.2, -0.15) is 9.97 Å². The van der Waals surface area contributed by atoms with E-state index in [0.29, 0.717) is 22.9 Å². The molecule has 0 aliphatic carbocycles. The van der Waals surface area contributed by atoms with Gasteiger partial charge in [0.25, 0.3) is 0 Å². The third kappa shape index (κ3) is 6.42. The molecule has 3 fully saturated rings. The van der Waals surface area contributed by atoms with Gasteiger partial charge in [0.15, 0.2) is 5.11 Å². The van der Waals surface area contributed by atoms with Gasteiger partial charge < -0.3 is 25.2 Å². The molecule has 3 aliphatic heterocycles. The fraction of sp³-hybridized carbons (Fsp3) is 0.783. The number of rotatable bonds is 5. The van der Waals surface area contributed by atoms with Gasteiger partial charge in [-0.25, -0.2) is 0 Å². The zero-order chi connectivity index (χ0) is 21.6. The van der Waals surface area contributed by atoms with Crippen molar-refractivity contribution in [3.8, 4) is 0 Å². The van der Waals surface area contributed by atoms with E-state index in [1.54, 1.807) is 0 Å². The fourth-order valence-electron chi connectivity index (χ4n) is 5.11. The van der Waals surface area contributed by atoms with Crippen LogP contribution in [0.25, 0.3) is 0 Å². The van der Waals surface area contributed by atoms with E-state index in [-0.39, 0.29) is 6.10 Å². The van der Waals surface area contributed by atoms with Crippen LogP contribution >= 0.6 is 12.2 Å². The Hall–Kier alpha value is -1.67. The topological polar surface area (TPSA) is 65.5 Å². The van der Waals surface area contributed by atoms with Crippen LogP contribution in [-0.4, -0.2) is 60.5 Å². The summed E-state index contributed by atoms with van der Waals surface area (Å²) in [5.41, 5.74) is 0. The van der Waals surface area contributed by atoms with Gasteiger partial charge in [-0.1, -0.05) is 26.7 Å². The molecule has 8 heteroatoms. The van der Waals surface area contributed by atoms with E-state index in [0.717, 1.165) is 63.8 Å². The standard InChI is InChI=1S/C23H38N6OS/c1-17-12-18(2)16-29(15-17)21-13-20(28-9-5-3-4-6-10-28)25-22(26-21)27-23(31)24-14-19-8-7-11-30-19/h13,17-19H,3-12,14-16H2,1-2H3,(H2,24,25,26,27,31)/t17-,18-,19-/m1/s1. The normalized spacial score (nSPS) is 27.1. The zero-order valence-corrected chi connectivity index (χ0v) is 19.9. The molecule has 0 bridgehead atoms. The lowest BCUT2D eigenvalue weighted by molar-refractivity contribution is 0.114. The first-order chi connectivity index (χ1) is 15.1. The second kappa shape index (κ2) is 10.8. The smallest absolute Gasteiger partial charge is 0.232 e. The Labute approximate surface area is 192 Å². The summed E-state index contributed by atoms with van der Waals surface area (Å²) in [7, 11) is 0. The molecule has 4 heterocycles. The van der Waals surface area contributed by atoms with Crippen molar-refractivity contribution >= 4 is 34.9 Å². The first-order valence-corrected chi connectivity index (χ1v) is 12.5. The quantitative estimate of drug-likeness (QED) is 0.662. The van der Waals surface area contributed by atoms with Gasteiger partial charge in [-0.05, 0) is 56.2 Å². The Bertz CT molecular complexity index is 723. The van der Waals surface area contributed by atoms with Crippen molar-refractivity contribution in [1.29, 1.82) is 0 Å². The number of aromatic nitrogens is 2. The van der Waals surface area contributed by atoms with Crippen LogP contribution in [0.5, 0.6) is 0 Å². The number of thiocarbonyl (C=S) groups is 1. The molecule has 3 atom stereocenters. The summed E-state index contributed by atoms with van der Waals surface area (Å²) in [5.74, 6) is 3.96. The maximum Gasteiger partial charge on any atom is 0.232 e. The van der Waals surface area contributed by atoms with Gasteiger partial charge in [0.2, 0.25) is 5.95 Å². The highest BCUT2D eigenvalue weighted by atomic mass is 32.1. The molecule has 2 N–H and O–H groups in total. The molecule has 1 aromatic heterocycles. The summed E-state index contributed by atoms with van der Waals surface area (Å²) in [6.07, 6.45) is 8.80. The van der Waals surface area contributed by atoms with Crippen LogP contribution in [0.1, 0.15) is 58.8 Å². The summed E-state index contributed by atoms with van der Waals surface area (Å²) in [6.45, 7) is 10.5. The lowest BCUT2D eigenvalue weighted by Gasteiger charge is -2.36. The molecule has 0 saturated carbocycles. The first-order valence-electron chi connectivity index (χ1n) is 12.1. The average Bonchev–Trinajstić information content (AvgIpc) is 3.11. The molecular weight excluding hydrogens is 408 g/mol. The summed E-state index contributed by atoms with van der Waals surface area (Å²) < 4.78 is 5.69. The molecular formula is C23H38N6OS. The van der Waals surface area contributed by atoms with Crippen molar-refractivity contribution < 1.29 is 4.74 Å². The van der Waals surface area contributed by atoms with Crippen molar-refractivity contribution in [3.05, 3.63) is 6.07 Å². The molecule has 0 unspecified atom stereocenters. The highest BCUT2D eigenvalue weighted by Crippen LogP contribution is 2.29. The molecule has 4 rings (SSSR count). The number of anilines is 3. The summed E-state index contributed by atoms with van der Waals surface area (Å²) in [4.78, 5) is 14.6. The number of nitrogens with one attached hydrogen (secondary N) is 2. The lowest BCUT2D eigenvalue weighted by atomic mass is 9.92. The minimum Gasteiger partial charge on any atom is -0.376 e. The van der Waals surface area contributed by atoms with E-state index in [4.69, 9.17) is 26.9 Å². The van der Waals surface area contributed by atoms with Crippen LogP contribution in [0.15, 0.2) is 6.07 Å². The van der Waals surface area contributed by atoms with Crippen molar-refractivity contribution in [2.75, 3.05) is 54.4 Å². The van der Waals surface area contributed by atoms with Crippen LogP contribution < -0.4 is 20.4 Å². The summed E-state index contributed by atoms with van der Waals surface area (Å²) >= 11 is 5.54. The summed E-state index contributed by atoms with van der Waals surface area (Å²) in [5, 5.41) is 7.10. The number of ether oxygens (including phenoxy) is 1. The second-order valence-electron chi connectivity index (χ2n) is 9.63. The molecule has 3 saturated heterocycles. The number of hydrogen-bond acceptors (Lipinski definition) is 6. The Morgan fingerprint density at radius 3 is 2.35 bits per heavy atom. The molecule has 172 valence electrons. The molecule has 0 aromatic carbocycles. The minimum atomic E-state index is 0.246. The van der Waals surface area contributed by atoms with Gasteiger partial charge >= 0.3 is 0 Å². The third-order valence-corrected chi connectivity index (χ3v) is 6.81. The van der Waals surface area contributed by atoms with Gasteiger partial charge in [0.05, 0.1) is 6.10 Å². The van der Waals surface area contributed by atoms with Crippen LogP contribution in [0.2, 0.25) is 0 Å². The van der Waals surface area contributed by atoms with E-state index in [1.165, 1.54) is 32.1 Å².